The van der Waals surface area contributed by atoms with Gasteiger partial charge in [-0.15, -0.1) is 0 Å². The van der Waals surface area contributed by atoms with E-state index in [9.17, 15) is 10.5 Å². The predicted molar refractivity (Wildman–Crippen MR) is 242 cm³/mol. The molecule has 2 heterocycles. The Bertz CT molecular complexity index is 3830. The maximum atomic E-state index is 15.3. The van der Waals surface area contributed by atoms with Crippen LogP contribution in [0.1, 0.15) is 142 Å². The SMILES string of the molecule is CC1(C)c2ccccc2C(=O)c2cc3c4c5c(c(C#N)cc4n4c6cc(C#N)c7c(c6c(c21)c34)C1c2ccccc2C7c2ccccc21)C1c2ccccc2C5c2ccccc21. The lowest BCUT2D eigenvalue weighted by Crippen LogP contribution is -2.31. The summed E-state index contributed by atoms with van der Waals surface area (Å²) in [5, 5.41) is 26.9. The molecule has 4 bridgehead atoms. The van der Waals surface area contributed by atoms with Gasteiger partial charge in [0.1, 0.15) is 0 Å². The van der Waals surface area contributed by atoms with Crippen LogP contribution in [0.5, 0.6) is 0 Å². The molecule has 17 rings (SSSR count). The van der Waals surface area contributed by atoms with E-state index < -0.39 is 5.41 Å². The lowest BCUT2D eigenvalue weighted by Gasteiger charge is -2.43. The second-order valence-corrected chi connectivity index (χ2v) is 18.7. The molecule has 4 nitrogen and oxygen atoms in total. The Morgan fingerprint density at radius 1 is 0.484 bits per heavy atom. The van der Waals surface area contributed by atoms with Crippen LogP contribution >= 0.6 is 0 Å². The first-order valence-electron chi connectivity index (χ1n) is 21.7. The van der Waals surface area contributed by atoms with Gasteiger partial charge in [0.15, 0.2) is 5.78 Å². The molecular weight excluding hydrogens is 755 g/mol. The third-order valence-corrected chi connectivity index (χ3v) is 15.9. The molecule has 7 aliphatic carbocycles. The Labute approximate surface area is 356 Å². The number of aromatic nitrogens is 1. The summed E-state index contributed by atoms with van der Waals surface area (Å²) in [7, 11) is 0. The number of hydrogen-bond acceptors (Lipinski definition) is 3. The van der Waals surface area contributed by atoms with Crippen LogP contribution in [0.15, 0.2) is 140 Å². The first-order chi connectivity index (χ1) is 30.4. The Hall–Kier alpha value is -7.79. The fraction of sp³-hybridized carbons (Fsp3) is 0.121. The molecular formula is C58H33N3O. The topological polar surface area (TPSA) is 69.1 Å². The van der Waals surface area contributed by atoms with Crippen LogP contribution in [0.3, 0.4) is 0 Å². The number of nitriles is 2. The molecule has 4 heteroatoms. The largest absolute Gasteiger partial charge is 0.308 e. The van der Waals surface area contributed by atoms with E-state index >= 15 is 4.79 Å². The van der Waals surface area contributed by atoms with Crippen LogP contribution in [-0.2, 0) is 5.41 Å². The molecule has 10 aromatic rings. The summed E-state index contributed by atoms with van der Waals surface area (Å²) in [6.45, 7) is 4.56. The van der Waals surface area contributed by atoms with Gasteiger partial charge in [-0.3, -0.25) is 4.79 Å². The van der Waals surface area contributed by atoms with Crippen LogP contribution in [0.25, 0.3) is 38.1 Å². The monoisotopic (exact) mass is 787 g/mol. The molecule has 0 aliphatic heterocycles. The maximum absolute atomic E-state index is 15.3. The zero-order valence-corrected chi connectivity index (χ0v) is 33.8. The summed E-state index contributed by atoms with van der Waals surface area (Å²) in [5.74, 6) is -0.343. The molecule has 7 aliphatic rings. The summed E-state index contributed by atoms with van der Waals surface area (Å²) in [4.78, 5) is 15.3. The molecule has 0 unspecified atom stereocenters. The lowest BCUT2D eigenvalue weighted by atomic mass is 9.59. The fourth-order valence-corrected chi connectivity index (χ4v) is 13.8. The summed E-state index contributed by atoms with van der Waals surface area (Å²) in [5.41, 5.74) is 22.0. The van der Waals surface area contributed by atoms with Gasteiger partial charge in [0, 0.05) is 61.8 Å². The van der Waals surface area contributed by atoms with Gasteiger partial charge >= 0.3 is 0 Å². The molecule has 2 aromatic heterocycles. The molecule has 0 atom stereocenters. The van der Waals surface area contributed by atoms with E-state index in [0.717, 1.165) is 71.5 Å². The third-order valence-electron chi connectivity index (χ3n) is 15.9. The minimum Gasteiger partial charge on any atom is -0.308 e. The zero-order valence-electron chi connectivity index (χ0n) is 33.8. The fourth-order valence-electron chi connectivity index (χ4n) is 13.8. The molecule has 8 aromatic carbocycles. The standard InChI is InChI=1S/C58H33N3O/c1-58(2)41-22-12-11-21-38(41)57(62)40-25-39-50-42(23-28(26-59)44-46-30-13-3-7-17-34(30)48(52(44)50)35-18-8-4-14-31(35)46)61-43-24-29(27-60)45-47-32-15-5-9-19-36(32)49(37-20-10-6-16-33(37)47)53(45)51(43)54(55(40)58)56(39)61/h3-25,46-49H,1-2H3. The van der Waals surface area contributed by atoms with Crippen molar-refractivity contribution in [3.8, 4) is 12.1 Å². The average molecular weight is 788 g/mol. The number of ketones is 1. The minimum atomic E-state index is -0.537. The Morgan fingerprint density at radius 2 is 0.887 bits per heavy atom. The molecule has 62 heavy (non-hydrogen) atoms. The zero-order chi connectivity index (χ0) is 41.1. The van der Waals surface area contributed by atoms with Gasteiger partial charge < -0.3 is 4.40 Å². The maximum Gasteiger partial charge on any atom is 0.193 e. The van der Waals surface area contributed by atoms with Gasteiger partial charge in [0.2, 0.25) is 0 Å². The normalized spacial score (nSPS) is 19.9. The average Bonchev–Trinajstić information content (AvgIpc) is 3.84. The molecule has 0 saturated heterocycles. The van der Waals surface area contributed by atoms with Crippen molar-refractivity contribution in [2.75, 3.05) is 0 Å². The van der Waals surface area contributed by atoms with Gasteiger partial charge in [-0.25, -0.2) is 0 Å². The minimum absolute atomic E-state index is 0.0434. The van der Waals surface area contributed by atoms with Crippen LogP contribution in [0.2, 0.25) is 0 Å². The summed E-state index contributed by atoms with van der Waals surface area (Å²) in [6.07, 6.45) is 0. The van der Waals surface area contributed by atoms with Gasteiger partial charge in [0.25, 0.3) is 0 Å². The molecule has 0 N–H and O–H groups in total. The van der Waals surface area contributed by atoms with Crippen molar-refractivity contribution in [2.24, 2.45) is 0 Å². The van der Waals surface area contributed by atoms with Crippen molar-refractivity contribution in [1.29, 1.82) is 10.5 Å². The highest BCUT2D eigenvalue weighted by molar-refractivity contribution is 6.30. The number of carbonyl (C=O) groups is 1. The molecule has 0 saturated carbocycles. The number of benzene rings is 8. The molecule has 0 radical (unpaired) electrons. The highest BCUT2D eigenvalue weighted by Crippen LogP contribution is 2.63. The van der Waals surface area contributed by atoms with Gasteiger partial charge in [-0.05, 0) is 96.1 Å². The van der Waals surface area contributed by atoms with Gasteiger partial charge in [-0.1, -0.05) is 135 Å². The lowest BCUT2D eigenvalue weighted by molar-refractivity contribution is 0.103. The van der Waals surface area contributed by atoms with Crippen molar-refractivity contribution in [3.05, 3.63) is 240 Å². The van der Waals surface area contributed by atoms with Gasteiger partial charge in [0.05, 0.1) is 39.8 Å². The third kappa shape index (κ3) is 3.45. The Morgan fingerprint density at radius 3 is 1.35 bits per heavy atom. The highest BCUT2D eigenvalue weighted by atomic mass is 16.1. The van der Waals surface area contributed by atoms with Crippen LogP contribution in [0, 0.1) is 22.7 Å². The molecule has 286 valence electrons. The number of hydrogen-bond donors (Lipinski definition) is 0. The predicted octanol–water partition coefficient (Wildman–Crippen LogP) is 12.4. The van der Waals surface area contributed by atoms with Crippen LogP contribution in [-0.4, -0.2) is 10.2 Å². The Balaban J connectivity index is 1.20. The molecule has 0 amide bonds. The summed E-state index contributed by atoms with van der Waals surface area (Å²) < 4.78 is 2.39. The molecule has 0 spiro atoms. The Kier molecular flexibility index (Phi) is 5.71. The van der Waals surface area contributed by atoms with Crippen molar-refractivity contribution in [2.45, 2.75) is 42.9 Å². The second-order valence-electron chi connectivity index (χ2n) is 18.7. The van der Waals surface area contributed by atoms with E-state index in [0.29, 0.717) is 11.1 Å². The van der Waals surface area contributed by atoms with Crippen molar-refractivity contribution in [3.63, 3.8) is 0 Å². The number of nitrogens with zero attached hydrogens (tertiary/aromatic N) is 3. The van der Waals surface area contributed by atoms with E-state index in [-0.39, 0.29) is 29.5 Å². The van der Waals surface area contributed by atoms with Crippen molar-refractivity contribution < 1.29 is 4.79 Å². The number of carbonyl (C=O) groups excluding carboxylic acids is 1. The first-order valence-corrected chi connectivity index (χ1v) is 21.7. The van der Waals surface area contributed by atoms with E-state index in [4.69, 9.17) is 0 Å². The molecule has 0 fully saturated rings. The van der Waals surface area contributed by atoms with Crippen LogP contribution < -0.4 is 0 Å². The van der Waals surface area contributed by atoms with E-state index in [1.54, 1.807) is 0 Å². The summed E-state index contributed by atoms with van der Waals surface area (Å²) >= 11 is 0. The van der Waals surface area contributed by atoms with Crippen molar-refractivity contribution in [1.82, 2.24) is 4.40 Å². The highest BCUT2D eigenvalue weighted by Gasteiger charge is 2.48. The second kappa shape index (κ2) is 10.7. The quantitative estimate of drug-likeness (QED) is 0.154. The smallest absolute Gasteiger partial charge is 0.193 e. The van der Waals surface area contributed by atoms with Crippen LogP contribution in [0.4, 0.5) is 0 Å². The van der Waals surface area contributed by atoms with E-state index in [2.05, 4.69) is 158 Å². The van der Waals surface area contributed by atoms with Crippen molar-refractivity contribution >= 4 is 43.9 Å². The van der Waals surface area contributed by atoms with E-state index in [1.807, 2.05) is 12.1 Å². The summed E-state index contributed by atoms with van der Waals surface area (Å²) in [6, 6.07) is 55.2. The van der Waals surface area contributed by atoms with E-state index in [1.165, 1.54) is 55.6 Å². The van der Waals surface area contributed by atoms with Gasteiger partial charge in [-0.2, -0.15) is 10.5 Å². The first kappa shape index (κ1) is 33.0. The number of rotatable bonds is 0. The number of fused-ring (bicyclic) bond motifs is 9.